The number of ether oxygens (including phenoxy) is 1. The summed E-state index contributed by atoms with van der Waals surface area (Å²) in [5.41, 5.74) is 0.193. The molecule has 0 aliphatic heterocycles. The minimum atomic E-state index is -0.653. The fourth-order valence-electron chi connectivity index (χ4n) is 1.91. The van der Waals surface area contributed by atoms with E-state index in [0.717, 1.165) is 0 Å². The number of nitrogens with one attached hydrogen (secondary N) is 2. The molecule has 0 saturated carbocycles. The van der Waals surface area contributed by atoms with E-state index in [1.165, 1.54) is 37.4 Å². The predicted octanol–water partition coefficient (Wildman–Crippen LogP) is 3.45. The number of carbonyl (C=O) groups excluding carboxylic acids is 1. The predicted molar refractivity (Wildman–Crippen MR) is 88.2 cm³/mol. The zero-order valence-corrected chi connectivity index (χ0v) is 13.3. The number of non-ortho nitro benzene ring substituents is 1. The van der Waals surface area contributed by atoms with Crippen LogP contribution in [-0.4, -0.2) is 24.5 Å². The van der Waals surface area contributed by atoms with Crippen LogP contribution in [0.5, 0.6) is 5.75 Å². The van der Waals surface area contributed by atoms with E-state index >= 15 is 0 Å². The fraction of sp³-hybridized carbons (Fsp3) is 0.133. The lowest BCUT2D eigenvalue weighted by atomic mass is 10.2. The van der Waals surface area contributed by atoms with Gasteiger partial charge in [-0.3, -0.25) is 14.9 Å². The van der Waals surface area contributed by atoms with Crippen LogP contribution in [0, 0.1) is 15.9 Å². The van der Waals surface area contributed by atoms with Crippen LogP contribution < -0.4 is 15.4 Å². The van der Waals surface area contributed by atoms with Crippen molar-refractivity contribution in [3.8, 4) is 5.75 Å². The molecule has 126 valence electrons. The van der Waals surface area contributed by atoms with Crippen LogP contribution in [0.25, 0.3) is 0 Å². The Morgan fingerprint density at radius 3 is 2.75 bits per heavy atom. The first-order chi connectivity index (χ1) is 11.4. The van der Waals surface area contributed by atoms with Crippen molar-refractivity contribution in [3.63, 3.8) is 0 Å². The summed E-state index contributed by atoms with van der Waals surface area (Å²) in [5.74, 6) is -0.993. The van der Waals surface area contributed by atoms with Gasteiger partial charge in [0.25, 0.3) is 5.69 Å². The van der Waals surface area contributed by atoms with Gasteiger partial charge in [0.1, 0.15) is 5.75 Å². The van der Waals surface area contributed by atoms with E-state index in [0.29, 0.717) is 0 Å². The third kappa shape index (κ3) is 4.11. The number of carbonyl (C=O) groups is 1. The molecule has 0 aliphatic rings. The van der Waals surface area contributed by atoms with Crippen LogP contribution in [0.15, 0.2) is 36.4 Å². The topological polar surface area (TPSA) is 93.5 Å². The van der Waals surface area contributed by atoms with Gasteiger partial charge in [-0.15, -0.1) is 0 Å². The molecule has 0 radical (unpaired) electrons. The summed E-state index contributed by atoms with van der Waals surface area (Å²) in [6, 6.07) is 8.17. The minimum Gasteiger partial charge on any atom is -0.494 e. The maximum atomic E-state index is 13.7. The average molecular weight is 354 g/mol. The number of nitro groups is 1. The van der Waals surface area contributed by atoms with Crippen molar-refractivity contribution in [2.45, 2.75) is 0 Å². The second-order valence-electron chi connectivity index (χ2n) is 4.64. The molecular weight excluding hydrogens is 341 g/mol. The first-order valence-electron chi connectivity index (χ1n) is 6.72. The molecule has 0 aliphatic carbocycles. The van der Waals surface area contributed by atoms with E-state index in [9.17, 15) is 19.3 Å². The van der Waals surface area contributed by atoms with Gasteiger partial charge in [-0.1, -0.05) is 17.7 Å². The third-order valence-electron chi connectivity index (χ3n) is 3.06. The number of hydrogen-bond donors (Lipinski definition) is 2. The Morgan fingerprint density at radius 1 is 1.33 bits per heavy atom. The lowest BCUT2D eigenvalue weighted by Gasteiger charge is -2.11. The number of nitro benzene ring substituents is 1. The monoisotopic (exact) mass is 353 g/mol. The molecule has 2 rings (SSSR count). The van der Waals surface area contributed by atoms with Crippen molar-refractivity contribution in [2.75, 3.05) is 24.3 Å². The molecule has 24 heavy (non-hydrogen) atoms. The molecule has 0 unspecified atom stereocenters. The van der Waals surface area contributed by atoms with Crippen molar-refractivity contribution in [2.24, 2.45) is 0 Å². The van der Waals surface area contributed by atoms with Gasteiger partial charge in [-0.05, 0) is 18.2 Å². The van der Waals surface area contributed by atoms with E-state index in [1.807, 2.05) is 0 Å². The van der Waals surface area contributed by atoms with Crippen LogP contribution in [0.4, 0.5) is 21.5 Å². The van der Waals surface area contributed by atoms with E-state index in [2.05, 4.69) is 10.6 Å². The molecule has 0 fully saturated rings. The van der Waals surface area contributed by atoms with Crippen LogP contribution in [0.3, 0.4) is 0 Å². The standard InChI is InChI=1S/C15H13ClFN3O4/c1-24-13-7-9(20(22)23)5-6-11(13)19-14(21)8-18-12-4-2-3-10(16)15(12)17/h2-7,18H,8H2,1H3,(H,19,21). The molecule has 0 heterocycles. The third-order valence-corrected chi connectivity index (χ3v) is 3.35. The van der Waals surface area contributed by atoms with Gasteiger partial charge >= 0.3 is 0 Å². The Bertz CT molecular complexity index is 785. The molecule has 1 amide bonds. The highest BCUT2D eigenvalue weighted by molar-refractivity contribution is 6.31. The Hall–Kier alpha value is -2.87. The normalized spacial score (nSPS) is 10.1. The van der Waals surface area contributed by atoms with E-state index in [4.69, 9.17) is 16.3 Å². The second-order valence-corrected chi connectivity index (χ2v) is 5.05. The number of methoxy groups -OCH3 is 1. The molecular formula is C15H13ClFN3O4. The van der Waals surface area contributed by atoms with E-state index < -0.39 is 16.6 Å². The van der Waals surface area contributed by atoms with Gasteiger partial charge < -0.3 is 15.4 Å². The highest BCUT2D eigenvalue weighted by atomic mass is 35.5. The molecule has 2 N–H and O–H groups in total. The quantitative estimate of drug-likeness (QED) is 0.613. The van der Waals surface area contributed by atoms with Crippen LogP contribution in [0.1, 0.15) is 0 Å². The SMILES string of the molecule is COc1cc([N+](=O)[O-])ccc1NC(=O)CNc1cccc(Cl)c1F. The average Bonchev–Trinajstić information content (AvgIpc) is 2.56. The number of rotatable bonds is 6. The minimum absolute atomic E-state index is 0.0579. The summed E-state index contributed by atoms with van der Waals surface area (Å²) >= 11 is 5.65. The first-order valence-corrected chi connectivity index (χ1v) is 7.10. The molecule has 0 aromatic heterocycles. The largest absolute Gasteiger partial charge is 0.494 e. The van der Waals surface area contributed by atoms with Gasteiger partial charge in [0.2, 0.25) is 5.91 Å². The lowest BCUT2D eigenvalue weighted by Crippen LogP contribution is -2.22. The van der Waals surface area contributed by atoms with Crippen molar-refractivity contribution < 1.29 is 18.8 Å². The highest BCUT2D eigenvalue weighted by Crippen LogP contribution is 2.29. The number of halogens is 2. The summed E-state index contributed by atoms with van der Waals surface area (Å²) < 4.78 is 18.7. The molecule has 2 aromatic rings. The highest BCUT2D eigenvalue weighted by Gasteiger charge is 2.14. The van der Waals surface area contributed by atoms with Crippen molar-refractivity contribution in [1.29, 1.82) is 0 Å². The Kier molecular flexibility index (Phi) is 5.54. The molecule has 9 heteroatoms. The summed E-state index contributed by atoms with van der Waals surface area (Å²) in [4.78, 5) is 22.1. The molecule has 0 spiro atoms. The van der Waals surface area contributed by atoms with Gasteiger partial charge in [-0.25, -0.2) is 4.39 Å². The Morgan fingerprint density at radius 2 is 2.08 bits per heavy atom. The van der Waals surface area contributed by atoms with Crippen LogP contribution >= 0.6 is 11.6 Å². The summed E-state index contributed by atoms with van der Waals surface area (Å²) in [7, 11) is 1.33. The van der Waals surface area contributed by atoms with Gasteiger partial charge in [-0.2, -0.15) is 0 Å². The summed E-state index contributed by atoms with van der Waals surface area (Å²) in [6.45, 7) is -0.225. The second kappa shape index (κ2) is 7.60. The molecule has 7 nitrogen and oxygen atoms in total. The number of amides is 1. The number of benzene rings is 2. The zero-order valence-electron chi connectivity index (χ0n) is 12.5. The Labute approximate surface area is 141 Å². The maximum absolute atomic E-state index is 13.7. The first kappa shape index (κ1) is 17.5. The smallest absolute Gasteiger partial charge is 0.273 e. The number of hydrogen-bond acceptors (Lipinski definition) is 5. The van der Waals surface area contributed by atoms with Gasteiger partial charge in [0, 0.05) is 6.07 Å². The Balaban J connectivity index is 2.04. The van der Waals surface area contributed by atoms with Crippen molar-refractivity contribution >= 4 is 34.6 Å². The fourth-order valence-corrected chi connectivity index (χ4v) is 2.08. The van der Waals surface area contributed by atoms with E-state index in [1.54, 1.807) is 6.07 Å². The zero-order chi connectivity index (χ0) is 17.7. The number of anilines is 2. The van der Waals surface area contributed by atoms with Gasteiger partial charge in [0.15, 0.2) is 5.82 Å². The summed E-state index contributed by atoms with van der Waals surface area (Å²) in [6.07, 6.45) is 0. The van der Waals surface area contributed by atoms with Crippen LogP contribution in [0.2, 0.25) is 5.02 Å². The molecule has 0 atom stereocenters. The van der Waals surface area contributed by atoms with Gasteiger partial charge in [0.05, 0.1) is 41.0 Å². The number of nitrogens with zero attached hydrogens (tertiary/aromatic N) is 1. The lowest BCUT2D eigenvalue weighted by molar-refractivity contribution is -0.384. The molecule has 0 bridgehead atoms. The molecule has 2 aromatic carbocycles. The maximum Gasteiger partial charge on any atom is 0.273 e. The van der Waals surface area contributed by atoms with E-state index in [-0.39, 0.29) is 34.4 Å². The summed E-state index contributed by atoms with van der Waals surface area (Å²) in [5, 5.41) is 15.8. The van der Waals surface area contributed by atoms with Crippen molar-refractivity contribution in [3.05, 3.63) is 57.4 Å². The van der Waals surface area contributed by atoms with Crippen molar-refractivity contribution in [1.82, 2.24) is 0 Å². The molecule has 0 saturated heterocycles. The van der Waals surface area contributed by atoms with Crippen LogP contribution in [-0.2, 0) is 4.79 Å².